The molecular weight excluding hydrogens is 176 g/mol. The molecule has 5 heteroatoms. The topological polar surface area (TPSA) is 21.3 Å². The zero-order valence-corrected chi connectivity index (χ0v) is 6.72. The third-order valence-corrected chi connectivity index (χ3v) is 2.16. The molecule has 0 bridgehead atoms. The van der Waals surface area contributed by atoms with E-state index in [4.69, 9.17) is 4.74 Å². The zero-order valence-electron chi connectivity index (χ0n) is 5.90. The van der Waals surface area contributed by atoms with Gasteiger partial charge in [-0.05, 0) is 0 Å². The van der Waals surface area contributed by atoms with Crippen LogP contribution in [0.25, 0.3) is 0 Å². The van der Waals surface area contributed by atoms with Gasteiger partial charge in [-0.2, -0.15) is 0 Å². The second kappa shape index (κ2) is 2.54. The fourth-order valence-electron chi connectivity index (χ4n) is 1.34. The average Bonchev–Trinajstić information content (AvgIpc) is 2.36. The summed E-state index contributed by atoms with van der Waals surface area (Å²) in [4.78, 5) is 0. The van der Waals surface area contributed by atoms with Crippen LogP contribution >= 0.6 is 12.4 Å². The van der Waals surface area contributed by atoms with Crippen LogP contribution in [-0.2, 0) is 4.74 Å². The van der Waals surface area contributed by atoms with Crippen molar-refractivity contribution in [1.29, 1.82) is 0 Å². The lowest BCUT2D eigenvalue weighted by Crippen LogP contribution is -2.47. The Morgan fingerprint density at radius 3 is 2.27 bits per heavy atom. The predicted molar refractivity (Wildman–Crippen MR) is 38.4 cm³/mol. The number of ether oxygens (including phenoxy) is 1. The van der Waals surface area contributed by atoms with Gasteiger partial charge in [0.2, 0.25) is 0 Å². The van der Waals surface area contributed by atoms with E-state index < -0.39 is 11.5 Å². The fourth-order valence-corrected chi connectivity index (χ4v) is 1.34. The van der Waals surface area contributed by atoms with Crippen LogP contribution < -0.4 is 5.32 Å². The Morgan fingerprint density at radius 2 is 2.00 bits per heavy atom. The fraction of sp³-hybridized carbons (Fsp3) is 1.00. The molecule has 0 aromatic carbocycles. The molecule has 1 heterocycles. The Kier molecular flexibility index (Phi) is 2.11. The molecule has 2 fully saturated rings. The zero-order chi connectivity index (χ0) is 7.24. The Balaban J connectivity index is 0.000000605. The summed E-state index contributed by atoms with van der Waals surface area (Å²) < 4.78 is 30.0. The predicted octanol–water partition coefficient (Wildman–Crippen LogP) is 0.806. The van der Waals surface area contributed by atoms with Crippen LogP contribution in [0.3, 0.4) is 0 Å². The van der Waals surface area contributed by atoms with Crippen LogP contribution in [0, 0.1) is 0 Å². The molecule has 1 N–H and O–H groups in total. The summed E-state index contributed by atoms with van der Waals surface area (Å²) in [7, 11) is 0. The van der Waals surface area contributed by atoms with Gasteiger partial charge in [0.25, 0.3) is 5.92 Å². The van der Waals surface area contributed by atoms with E-state index in [-0.39, 0.29) is 25.4 Å². The smallest absolute Gasteiger partial charge is 0.270 e. The molecule has 0 amide bonds. The molecular formula is C6H10ClF2NO. The van der Waals surface area contributed by atoms with Gasteiger partial charge < -0.3 is 10.1 Å². The maximum absolute atomic E-state index is 12.5. The van der Waals surface area contributed by atoms with Crippen molar-refractivity contribution in [2.45, 2.75) is 17.9 Å². The number of alkyl halides is 2. The average molecular weight is 186 g/mol. The normalized spacial score (nSPS) is 39.8. The molecule has 0 radical (unpaired) electrons. The van der Waals surface area contributed by atoms with Crippen LogP contribution in [0.2, 0.25) is 0 Å². The third-order valence-electron chi connectivity index (χ3n) is 2.16. The largest absolute Gasteiger partial charge is 0.378 e. The highest BCUT2D eigenvalue weighted by Gasteiger charge is 2.71. The van der Waals surface area contributed by atoms with Crippen LogP contribution in [0.4, 0.5) is 8.78 Å². The van der Waals surface area contributed by atoms with Gasteiger partial charge in [0.1, 0.15) is 5.54 Å². The number of rotatable bonds is 0. The number of hydrogen-bond donors (Lipinski definition) is 1. The van der Waals surface area contributed by atoms with Crippen molar-refractivity contribution in [3.8, 4) is 0 Å². The standard InChI is InChI=1S/C6H9F2NO.ClH/c7-6(8)3-5(6)4-10-2-1-9-5;/h9H,1-4H2;1H. The molecule has 1 aliphatic heterocycles. The van der Waals surface area contributed by atoms with Crippen LogP contribution in [-0.4, -0.2) is 31.2 Å². The van der Waals surface area contributed by atoms with Crippen LogP contribution in [0.15, 0.2) is 0 Å². The Morgan fingerprint density at radius 1 is 1.36 bits per heavy atom. The van der Waals surface area contributed by atoms with Crippen molar-refractivity contribution < 1.29 is 13.5 Å². The van der Waals surface area contributed by atoms with Crippen molar-refractivity contribution in [3.63, 3.8) is 0 Å². The van der Waals surface area contributed by atoms with E-state index in [0.717, 1.165) is 0 Å². The molecule has 0 aromatic heterocycles. The lowest BCUT2D eigenvalue weighted by atomic mass is 10.2. The molecule has 1 unspecified atom stereocenters. The van der Waals surface area contributed by atoms with E-state index in [2.05, 4.69) is 5.32 Å². The molecule has 0 aromatic rings. The molecule has 1 saturated heterocycles. The van der Waals surface area contributed by atoms with Gasteiger partial charge in [-0.15, -0.1) is 12.4 Å². The quantitative estimate of drug-likeness (QED) is 0.603. The molecule has 1 atom stereocenters. The minimum Gasteiger partial charge on any atom is -0.378 e. The van der Waals surface area contributed by atoms with E-state index in [1.54, 1.807) is 0 Å². The molecule has 1 spiro atoms. The molecule has 11 heavy (non-hydrogen) atoms. The molecule has 2 nitrogen and oxygen atoms in total. The van der Waals surface area contributed by atoms with Gasteiger partial charge in [-0.25, -0.2) is 8.78 Å². The Bertz CT molecular complexity index is 159. The molecule has 1 aliphatic carbocycles. The van der Waals surface area contributed by atoms with Crippen LogP contribution in [0.1, 0.15) is 6.42 Å². The second-order valence-corrected chi connectivity index (χ2v) is 2.94. The molecule has 1 saturated carbocycles. The van der Waals surface area contributed by atoms with Crippen molar-refractivity contribution >= 4 is 12.4 Å². The number of hydrogen-bond acceptors (Lipinski definition) is 2. The number of morpholine rings is 1. The summed E-state index contributed by atoms with van der Waals surface area (Å²) in [6.45, 7) is 1.27. The van der Waals surface area contributed by atoms with E-state index in [0.29, 0.717) is 13.2 Å². The van der Waals surface area contributed by atoms with E-state index in [1.165, 1.54) is 0 Å². The number of nitrogens with one attached hydrogen (secondary N) is 1. The van der Waals surface area contributed by atoms with E-state index in [9.17, 15) is 8.78 Å². The van der Waals surface area contributed by atoms with Crippen molar-refractivity contribution in [2.24, 2.45) is 0 Å². The maximum atomic E-state index is 12.5. The first kappa shape index (κ1) is 9.16. The highest BCUT2D eigenvalue weighted by atomic mass is 35.5. The summed E-state index contributed by atoms with van der Waals surface area (Å²) in [6.07, 6.45) is -0.0556. The molecule has 66 valence electrons. The van der Waals surface area contributed by atoms with E-state index >= 15 is 0 Å². The summed E-state index contributed by atoms with van der Waals surface area (Å²) in [5, 5.41) is 2.78. The van der Waals surface area contributed by atoms with Crippen molar-refractivity contribution in [3.05, 3.63) is 0 Å². The van der Waals surface area contributed by atoms with Gasteiger partial charge in [0, 0.05) is 13.0 Å². The molecule has 2 rings (SSSR count). The SMILES string of the molecule is Cl.FC1(F)CC12COCCN2. The van der Waals surface area contributed by atoms with Gasteiger partial charge in [0.15, 0.2) is 0 Å². The van der Waals surface area contributed by atoms with Gasteiger partial charge >= 0.3 is 0 Å². The lowest BCUT2D eigenvalue weighted by molar-refractivity contribution is 0.00293. The monoisotopic (exact) mass is 185 g/mol. The summed E-state index contributed by atoms with van der Waals surface area (Å²) in [6, 6.07) is 0. The summed E-state index contributed by atoms with van der Waals surface area (Å²) >= 11 is 0. The van der Waals surface area contributed by atoms with Gasteiger partial charge in [-0.3, -0.25) is 0 Å². The minimum atomic E-state index is -2.52. The third kappa shape index (κ3) is 1.23. The lowest BCUT2D eigenvalue weighted by Gasteiger charge is -2.23. The Hall–Kier alpha value is 0.0700. The summed E-state index contributed by atoms with van der Waals surface area (Å²) in [5.74, 6) is -2.52. The number of halogens is 3. The first-order chi connectivity index (χ1) is 4.66. The highest BCUT2D eigenvalue weighted by Crippen LogP contribution is 2.53. The van der Waals surface area contributed by atoms with Crippen molar-refractivity contribution in [1.82, 2.24) is 5.32 Å². The van der Waals surface area contributed by atoms with Gasteiger partial charge in [0.05, 0.1) is 13.2 Å². The van der Waals surface area contributed by atoms with E-state index in [1.807, 2.05) is 0 Å². The summed E-state index contributed by atoms with van der Waals surface area (Å²) in [5.41, 5.74) is -0.981. The first-order valence-electron chi connectivity index (χ1n) is 3.37. The van der Waals surface area contributed by atoms with Gasteiger partial charge in [-0.1, -0.05) is 0 Å². The highest BCUT2D eigenvalue weighted by molar-refractivity contribution is 5.85. The molecule has 2 aliphatic rings. The second-order valence-electron chi connectivity index (χ2n) is 2.94. The minimum absolute atomic E-state index is 0. The Labute approximate surface area is 69.7 Å². The van der Waals surface area contributed by atoms with Crippen molar-refractivity contribution in [2.75, 3.05) is 19.8 Å². The first-order valence-corrected chi connectivity index (χ1v) is 3.37. The van der Waals surface area contributed by atoms with Crippen LogP contribution in [0.5, 0.6) is 0 Å². The maximum Gasteiger partial charge on any atom is 0.270 e.